The van der Waals surface area contributed by atoms with Crippen LogP contribution >= 0.6 is 11.8 Å². The van der Waals surface area contributed by atoms with Crippen LogP contribution in [0.5, 0.6) is 0 Å². The number of H-pyrrole nitrogens is 2. The lowest BCUT2D eigenvalue weighted by Crippen LogP contribution is -2.30. The highest BCUT2D eigenvalue weighted by Gasteiger charge is 2.22. The average Bonchev–Trinajstić information content (AvgIpc) is 3.24. The van der Waals surface area contributed by atoms with Gasteiger partial charge in [-0.25, -0.2) is 23.3 Å². The van der Waals surface area contributed by atoms with E-state index < -0.39 is 10.0 Å². The summed E-state index contributed by atoms with van der Waals surface area (Å²) < 4.78 is 28.4. The van der Waals surface area contributed by atoms with E-state index in [4.69, 9.17) is 0 Å². The molecular weight excluding hydrogens is 400 g/mol. The first kappa shape index (κ1) is 20.6. The van der Waals surface area contributed by atoms with Crippen molar-refractivity contribution in [1.82, 2.24) is 29.0 Å². The number of imidazole rings is 1. The van der Waals surface area contributed by atoms with Crippen LogP contribution in [0.4, 0.5) is 0 Å². The molecule has 0 aliphatic rings. The number of benzene rings is 1. The third kappa shape index (κ3) is 4.01. The van der Waals surface area contributed by atoms with Crippen LogP contribution in [0, 0.1) is 0 Å². The Kier molecular flexibility index (Phi) is 6.26. The predicted molar refractivity (Wildman–Crippen MR) is 109 cm³/mol. The second kappa shape index (κ2) is 8.50. The molecule has 28 heavy (non-hydrogen) atoms. The van der Waals surface area contributed by atoms with Crippen LogP contribution in [0.15, 0.2) is 33.0 Å². The van der Waals surface area contributed by atoms with E-state index in [9.17, 15) is 13.2 Å². The van der Waals surface area contributed by atoms with Crippen molar-refractivity contribution in [3.05, 3.63) is 34.5 Å². The smallest absolute Gasteiger partial charge is 0.341 e. The highest BCUT2D eigenvalue weighted by atomic mass is 32.2. The fourth-order valence-electron chi connectivity index (χ4n) is 2.95. The number of aromatic nitrogens is 5. The molecule has 0 spiro atoms. The maximum Gasteiger partial charge on any atom is 0.343 e. The standard InChI is InChI=1S/C17H24N6O3S2/c1-4-9-23-16(24)20-21-17(23)27-11-15-18-13-8-7-12(10-14(13)19-15)28(25,26)22(5-2)6-3/h7-8,10H,4-6,9,11H2,1-3H3,(H,18,19)(H,20,24). The maximum absolute atomic E-state index is 12.7. The van der Waals surface area contributed by atoms with Crippen LogP contribution in [-0.4, -0.2) is 50.5 Å². The summed E-state index contributed by atoms with van der Waals surface area (Å²) in [6.45, 7) is 7.08. The lowest BCUT2D eigenvalue weighted by molar-refractivity contribution is 0.445. The predicted octanol–water partition coefficient (Wildman–Crippen LogP) is 2.18. The summed E-state index contributed by atoms with van der Waals surface area (Å²) in [5, 5.41) is 7.12. The highest BCUT2D eigenvalue weighted by Crippen LogP contribution is 2.23. The van der Waals surface area contributed by atoms with Crippen LogP contribution in [0.2, 0.25) is 0 Å². The van der Waals surface area contributed by atoms with E-state index in [1.54, 1.807) is 22.8 Å². The molecule has 11 heteroatoms. The van der Waals surface area contributed by atoms with Crippen molar-refractivity contribution in [3.8, 4) is 0 Å². The van der Waals surface area contributed by atoms with Gasteiger partial charge in [-0.3, -0.25) is 4.57 Å². The number of aromatic amines is 2. The summed E-state index contributed by atoms with van der Waals surface area (Å²) in [6.07, 6.45) is 0.835. The Morgan fingerprint density at radius 2 is 1.96 bits per heavy atom. The number of hydrogen-bond acceptors (Lipinski definition) is 6. The molecule has 0 aliphatic carbocycles. The number of sulfonamides is 1. The lowest BCUT2D eigenvalue weighted by Gasteiger charge is -2.18. The molecule has 0 saturated carbocycles. The van der Waals surface area contributed by atoms with Crippen molar-refractivity contribution in [2.45, 2.75) is 49.5 Å². The molecule has 0 bridgehead atoms. The Morgan fingerprint density at radius 1 is 1.21 bits per heavy atom. The van der Waals surface area contributed by atoms with E-state index in [0.29, 0.717) is 47.4 Å². The molecular formula is C17H24N6O3S2. The Hall–Kier alpha value is -2.11. The van der Waals surface area contributed by atoms with E-state index in [-0.39, 0.29) is 10.6 Å². The van der Waals surface area contributed by atoms with E-state index in [1.165, 1.54) is 16.1 Å². The first-order valence-electron chi connectivity index (χ1n) is 9.17. The lowest BCUT2D eigenvalue weighted by atomic mass is 10.3. The van der Waals surface area contributed by atoms with Gasteiger partial charge in [0.25, 0.3) is 0 Å². The maximum atomic E-state index is 12.7. The van der Waals surface area contributed by atoms with Gasteiger partial charge in [0.05, 0.1) is 21.7 Å². The molecule has 3 aromatic rings. The number of nitrogens with one attached hydrogen (secondary N) is 2. The number of nitrogens with zero attached hydrogens (tertiary/aromatic N) is 4. The Labute approximate surface area is 167 Å². The second-order valence-electron chi connectivity index (χ2n) is 6.20. The molecule has 2 heterocycles. The minimum Gasteiger partial charge on any atom is -0.341 e. The largest absolute Gasteiger partial charge is 0.343 e. The molecule has 1 aromatic carbocycles. The van der Waals surface area contributed by atoms with Gasteiger partial charge < -0.3 is 4.98 Å². The fourth-order valence-corrected chi connectivity index (χ4v) is 5.28. The summed E-state index contributed by atoms with van der Waals surface area (Å²) in [5.41, 5.74) is 1.14. The zero-order valence-corrected chi connectivity index (χ0v) is 17.7. The third-order valence-corrected chi connectivity index (χ3v) is 7.39. The van der Waals surface area contributed by atoms with Gasteiger partial charge in [0.2, 0.25) is 10.0 Å². The van der Waals surface area contributed by atoms with Crippen molar-refractivity contribution in [2.75, 3.05) is 13.1 Å². The SMILES string of the molecule is CCCn1c(SCc2nc3ccc(S(=O)(=O)N(CC)CC)cc3[nH]2)n[nH]c1=O. The molecule has 2 aromatic heterocycles. The Morgan fingerprint density at radius 3 is 2.64 bits per heavy atom. The van der Waals surface area contributed by atoms with Crippen LogP contribution in [0.1, 0.15) is 33.0 Å². The normalized spacial score (nSPS) is 12.3. The van der Waals surface area contributed by atoms with Gasteiger partial charge in [0.1, 0.15) is 5.82 Å². The van der Waals surface area contributed by atoms with Gasteiger partial charge in [-0.05, 0) is 24.6 Å². The minimum atomic E-state index is -3.52. The third-order valence-electron chi connectivity index (χ3n) is 4.35. The quantitative estimate of drug-likeness (QED) is 0.509. The molecule has 0 aliphatic heterocycles. The van der Waals surface area contributed by atoms with E-state index in [0.717, 1.165) is 6.42 Å². The number of fused-ring (bicyclic) bond motifs is 1. The summed E-state index contributed by atoms with van der Waals surface area (Å²) in [4.78, 5) is 19.7. The minimum absolute atomic E-state index is 0.222. The van der Waals surface area contributed by atoms with Crippen molar-refractivity contribution >= 4 is 32.8 Å². The summed E-state index contributed by atoms with van der Waals surface area (Å²) in [6, 6.07) is 4.91. The Balaban J connectivity index is 1.83. The van der Waals surface area contributed by atoms with E-state index >= 15 is 0 Å². The van der Waals surface area contributed by atoms with Crippen molar-refractivity contribution in [1.29, 1.82) is 0 Å². The van der Waals surface area contributed by atoms with Gasteiger partial charge >= 0.3 is 5.69 Å². The molecule has 2 N–H and O–H groups in total. The first-order chi connectivity index (χ1) is 13.4. The highest BCUT2D eigenvalue weighted by molar-refractivity contribution is 7.98. The molecule has 0 unspecified atom stereocenters. The monoisotopic (exact) mass is 424 g/mol. The summed E-state index contributed by atoms with van der Waals surface area (Å²) in [7, 11) is -3.52. The zero-order valence-electron chi connectivity index (χ0n) is 16.1. The van der Waals surface area contributed by atoms with Crippen LogP contribution in [0.3, 0.4) is 0 Å². The van der Waals surface area contributed by atoms with Gasteiger partial charge in [-0.2, -0.15) is 4.31 Å². The second-order valence-corrected chi connectivity index (χ2v) is 9.08. The summed E-state index contributed by atoms with van der Waals surface area (Å²) in [5.74, 6) is 1.18. The topological polar surface area (TPSA) is 117 Å². The molecule has 0 saturated heterocycles. The van der Waals surface area contributed by atoms with Crippen LogP contribution < -0.4 is 5.69 Å². The van der Waals surface area contributed by atoms with Gasteiger partial charge in [-0.15, -0.1) is 5.10 Å². The number of thioether (sulfide) groups is 1. The van der Waals surface area contributed by atoms with Crippen molar-refractivity contribution < 1.29 is 8.42 Å². The average molecular weight is 425 g/mol. The number of hydrogen-bond donors (Lipinski definition) is 2. The van der Waals surface area contributed by atoms with E-state index in [2.05, 4.69) is 20.2 Å². The molecule has 0 amide bonds. The van der Waals surface area contributed by atoms with Crippen molar-refractivity contribution in [3.63, 3.8) is 0 Å². The molecule has 152 valence electrons. The van der Waals surface area contributed by atoms with Gasteiger partial charge in [-0.1, -0.05) is 32.5 Å². The molecule has 0 fully saturated rings. The van der Waals surface area contributed by atoms with Gasteiger partial charge in [0.15, 0.2) is 5.16 Å². The molecule has 0 atom stereocenters. The van der Waals surface area contributed by atoms with E-state index in [1.807, 2.05) is 20.8 Å². The first-order valence-corrected chi connectivity index (χ1v) is 11.6. The van der Waals surface area contributed by atoms with Crippen molar-refractivity contribution in [2.24, 2.45) is 0 Å². The van der Waals surface area contributed by atoms with Crippen LogP contribution in [-0.2, 0) is 22.3 Å². The van der Waals surface area contributed by atoms with Gasteiger partial charge in [0, 0.05) is 19.6 Å². The molecule has 9 nitrogen and oxygen atoms in total. The zero-order chi connectivity index (χ0) is 20.3. The summed E-state index contributed by atoms with van der Waals surface area (Å²) >= 11 is 1.40. The fraction of sp³-hybridized carbons (Fsp3) is 0.471. The Bertz CT molecular complexity index is 1110. The molecule has 3 rings (SSSR count). The molecule has 0 radical (unpaired) electrons. The van der Waals surface area contributed by atoms with Crippen LogP contribution in [0.25, 0.3) is 11.0 Å². The number of rotatable bonds is 9.